The summed E-state index contributed by atoms with van der Waals surface area (Å²) in [6, 6.07) is 8.87. The van der Waals surface area contributed by atoms with Crippen molar-refractivity contribution < 1.29 is 27.9 Å². The lowest BCUT2D eigenvalue weighted by molar-refractivity contribution is -0.144. The monoisotopic (exact) mass is 372 g/mol. The first kappa shape index (κ1) is 21.1. The number of nitrogens with one attached hydrogen (secondary N) is 1. The Bertz CT molecular complexity index is 660. The molecule has 1 aromatic rings. The molecule has 0 radical (unpaired) electrons. The molecule has 1 amide bonds. The lowest BCUT2D eigenvalue weighted by atomic mass is 10.2. The van der Waals surface area contributed by atoms with Crippen LogP contribution in [0.5, 0.6) is 0 Å². The fourth-order valence-corrected chi connectivity index (χ4v) is 2.75. The summed E-state index contributed by atoms with van der Waals surface area (Å²) in [6.45, 7) is 2.68. The van der Waals surface area contributed by atoms with Gasteiger partial charge >= 0.3 is 5.97 Å². The molecule has 0 unspecified atom stereocenters. The number of nitrogens with zero attached hydrogens (tertiary/aromatic N) is 1. The smallest absolute Gasteiger partial charge is 0.323 e. The summed E-state index contributed by atoms with van der Waals surface area (Å²) < 4.78 is 31.0. The van der Waals surface area contributed by atoms with Gasteiger partial charge in [-0.1, -0.05) is 30.3 Å². The van der Waals surface area contributed by atoms with Crippen LogP contribution in [0.3, 0.4) is 0 Å². The molecule has 8 nitrogen and oxygen atoms in total. The zero-order valence-corrected chi connectivity index (χ0v) is 15.2. The van der Waals surface area contributed by atoms with E-state index in [1.807, 2.05) is 0 Å². The van der Waals surface area contributed by atoms with Crippen LogP contribution in [0.4, 0.5) is 0 Å². The Hall–Kier alpha value is -1.97. The van der Waals surface area contributed by atoms with Gasteiger partial charge in [0.2, 0.25) is 15.9 Å². The number of carboxylic acids is 1. The van der Waals surface area contributed by atoms with Crippen molar-refractivity contribution in [2.45, 2.75) is 26.5 Å². The van der Waals surface area contributed by atoms with Gasteiger partial charge in [0.1, 0.15) is 6.54 Å². The second kappa shape index (κ2) is 10.1. The molecular weight excluding hydrogens is 348 g/mol. The molecule has 0 aromatic heterocycles. The first-order valence-corrected chi connectivity index (χ1v) is 9.47. The number of rotatable bonds is 11. The minimum Gasteiger partial charge on any atom is -0.480 e. The van der Waals surface area contributed by atoms with Crippen molar-refractivity contribution in [1.29, 1.82) is 0 Å². The molecule has 9 heteroatoms. The second-order valence-electron chi connectivity index (χ2n) is 5.69. The van der Waals surface area contributed by atoms with E-state index in [4.69, 9.17) is 9.84 Å². The van der Waals surface area contributed by atoms with Gasteiger partial charge in [-0.05, 0) is 19.4 Å². The SMILES string of the molecule is CC(C)OCCS(=O)(=O)NCC(=O)N(CC(=O)O)Cc1ccccc1. The van der Waals surface area contributed by atoms with E-state index in [1.165, 1.54) is 0 Å². The topological polar surface area (TPSA) is 113 Å². The van der Waals surface area contributed by atoms with E-state index in [-0.39, 0.29) is 25.0 Å². The molecule has 0 saturated heterocycles. The van der Waals surface area contributed by atoms with E-state index < -0.39 is 35.0 Å². The molecule has 2 N–H and O–H groups in total. The van der Waals surface area contributed by atoms with Crippen LogP contribution >= 0.6 is 0 Å². The van der Waals surface area contributed by atoms with Crippen molar-refractivity contribution in [3.05, 3.63) is 35.9 Å². The maximum Gasteiger partial charge on any atom is 0.323 e. The minimum absolute atomic E-state index is 0.0179. The van der Waals surface area contributed by atoms with Crippen molar-refractivity contribution in [2.24, 2.45) is 0 Å². The molecule has 0 bridgehead atoms. The minimum atomic E-state index is -3.68. The predicted octanol–water partition coefficient (Wildman–Crippen LogP) is 0.444. The Kier molecular flexibility index (Phi) is 8.53. The van der Waals surface area contributed by atoms with Crippen molar-refractivity contribution in [2.75, 3.05) is 25.4 Å². The van der Waals surface area contributed by atoms with E-state index in [1.54, 1.807) is 44.2 Å². The van der Waals surface area contributed by atoms with Crippen LogP contribution in [0.2, 0.25) is 0 Å². The van der Waals surface area contributed by atoms with Crippen molar-refractivity contribution in [3.8, 4) is 0 Å². The number of ether oxygens (including phenoxy) is 1. The third kappa shape index (κ3) is 9.18. The highest BCUT2D eigenvalue weighted by Gasteiger charge is 2.20. The number of hydrogen-bond acceptors (Lipinski definition) is 5. The molecule has 0 heterocycles. The molecule has 0 aliphatic carbocycles. The summed E-state index contributed by atoms with van der Waals surface area (Å²) in [7, 11) is -3.68. The number of carbonyl (C=O) groups is 2. The zero-order chi connectivity index (χ0) is 18.9. The maximum absolute atomic E-state index is 12.2. The number of carboxylic acid groups (broad SMARTS) is 1. The summed E-state index contributed by atoms with van der Waals surface area (Å²) in [5, 5.41) is 8.96. The molecule has 0 saturated carbocycles. The Morgan fingerprint density at radius 3 is 2.44 bits per heavy atom. The third-order valence-corrected chi connectivity index (χ3v) is 4.43. The molecule has 1 rings (SSSR count). The number of sulfonamides is 1. The van der Waals surface area contributed by atoms with Crippen LogP contribution in [-0.2, 0) is 30.9 Å². The Balaban J connectivity index is 2.61. The average molecular weight is 372 g/mol. The molecule has 0 atom stereocenters. The summed E-state index contributed by atoms with van der Waals surface area (Å²) in [5.74, 6) is -2.05. The summed E-state index contributed by atoms with van der Waals surface area (Å²) in [6.07, 6.45) is -0.0891. The lowest BCUT2D eigenvalue weighted by Crippen LogP contribution is -2.43. The highest BCUT2D eigenvalue weighted by molar-refractivity contribution is 7.89. The Morgan fingerprint density at radius 2 is 1.88 bits per heavy atom. The van der Waals surface area contributed by atoms with Gasteiger partial charge in [0.05, 0.1) is 25.0 Å². The van der Waals surface area contributed by atoms with Gasteiger partial charge < -0.3 is 14.7 Å². The largest absolute Gasteiger partial charge is 0.480 e. The molecule has 1 aromatic carbocycles. The van der Waals surface area contributed by atoms with Gasteiger partial charge in [-0.15, -0.1) is 0 Å². The fraction of sp³-hybridized carbons (Fsp3) is 0.500. The standard InChI is InChI=1S/C16H24N2O6S/c1-13(2)24-8-9-25(22,23)17-10-15(19)18(12-16(20)21)11-14-6-4-3-5-7-14/h3-7,13,17H,8-12H2,1-2H3,(H,20,21). The molecule has 25 heavy (non-hydrogen) atoms. The van der Waals surface area contributed by atoms with Gasteiger partial charge in [0, 0.05) is 6.54 Å². The van der Waals surface area contributed by atoms with Crippen molar-refractivity contribution >= 4 is 21.9 Å². The van der Waals surface area contributed by atoms with Crippen molar-refractivity contribution in [1.82, 2.24) is 9.62 Å². The summed E-state index contributed by atoms with van der Waals surface area (Å²) in [4.78, 5) is 24.3. The van der Waals surface area contributed by atoms with Crippen LogP contribution in [0.15, 0.2) is 30.3 Å². The molecular formula is C16H24N2O6S. The number of benzene rings is 1. The molecule has 0 spiro atoms. The average Bonchev–Trinajstić information content (AvgIpc) is 2.52. The quantitative estimate of drug-likeness (QED) is 0.583. The van der Waals surface area contributed by atoms with Gasteiger partial charge in [-0.25, -0.2) is 13.1 Å². The fourth-order valence-electron chi connectivity index (χ4n) is 1.95. The Morgan fingerprint density at radius 1 is 1.24 bits per heavy atom. The molecule has 0 aliphatic heterocycles. The Labute approximate surface area is 147 Å². The van der Waals surface area contributed by atoms with E-state index in [2.05, 4.69) is 4.72 Å². The lowest BCUT2D eigenvalue weighted by Gasteiger charge is -2.21. The number of hydrogen-bond donors (Lipinski definition) is 2. The van der Waals surface area contributed by atoms with Gasteiger partial charge in [0.15, 0.2) is 0 Å². The molecule has 0 fully saturated rings. The zero-order valence-electron chi connectivity index (χ0n) is 14.3. The van der Waals surface area contributed by atoms with Gasteiger partial charge in [-0.3, -0.25) is 9.59 Å². The van der Waals surface area contributed by atoms with E-state index in [0.717, 1.165) is 10.5 Å². The van der Waals surface area contributed by atoms with Gasteiger partial charge in [0.25, 0.3) is 0 Å². The number of carbonyl (C=O) groups excluding carboxylic acids is 1. The van der Waals surface area contributed by atoms with Crippen LogP contribution in [0.1, 0.15) is 19.4 Å². The predicted molar refractivity (Wildman–Crippen MR) is 92.4 cm³/mol. The highest BCUT2D eigenvalue weighted by Crippen LogP contribution is 2.05. The normalized spacial score (nSPS) is 11.5. The van der Waals surface area contributed by atoms with Crippen molar-refractivity contribution in [3.63, 3.8) is 0 Å². The van der Waals surface area contributed by atoms with E-state index in [0.29, 0.717) is 0 Å². The summed E-state index contributed by atoms with van der Waals surface area (Å²) in [5.41, 5.74) is 0.755. The highest BCUT2D eigenvalue weighted by atomic mass is 32.2. The molecule has 0 aliphatic rings. The van der Waals surface area contributed by atoms with E-state index >= 15 is 0 Å². The third-order valence-electron chi connectivity index (χ3n) is 3.14. The van der Waals surface area contributed by atoms with Crippen LogP contribution < -0.4 is 4.72 Å². The summed E-state index contributed by atoms with van der Waals surface area (Å²) >= 11 is 0. The molecule has 140 valence electrons. The first-order valence-electron chi connectivity index (χ1n) is 7.82. The van der Waals surface area contributed by atoms with Crippen LogP contribution in [0, 0.1) is 0 Å². The first-order chi connectivity index (χ1) is 11.7. The van der Waals surface area contributed by atoms with E-state index in [9.17, 15) is 18.0 Å². The second-order valence-corrected chi connectivity index (χ2v) is 7.62. The number of aliphatic carboxylic acids is 1. The maximum atomic E-state index is 12.2. The van der Waals surface area contributed by atoms with Gasteiger partial charge in [-0.2, -0.15) is 0 Å². The number of amides is 1. The van der Waals surface area contributed by atoms with Crippen LogP contribution in [-0.4, -0.2) is 61.9 Å². The van der Waals surface area contributed by atoms with Crippen LogP contribution in [0.25, 0.3) is 0 Å².